The van der Waals surface area contributed by atoms with Crippen LogP contribution in [0.25, 0.3) is 0 Å². The standard InChI is InChI=1S/C12H17N3O3/c1-17-12(16)10-5-6-11(15-14-10)13-8-9-4-2-3-7-18-9/h5-6,9H,2-4,7-8H2,1H3,(H,13,15). The third kappa shape index (κ3) is 3.40. The minimum Gasteiger partial charge on any atom is -0.464 e. The lowest BCUT2D eigenvalue weighted by Crippen LogP contribution is -2.27. The molecule has 0 aromatic carbocycles. The fourth-order valence-electron chi connectivity index (χ4n) is 1.83. The van der Waals surface area contributed by atoms with Gasteiger partial charge < -0.3 is 14.8 Å². The highest BCUT2D eigenvalue weighted by Gasteiger charge is 2.14. The molecule has 0 amide bonds. The maximum atomic E-state index is 11.2. The van der Waals surface area contributed by atoms with E-state index in [9.17, 15) is 4.79 Å². The van der Waals surface area contributed by atoms with Crippen LogP contribution in [-0.2, 0) is 9.47 Å². The van der Waals surface area contributed by atoms with Gasteiger partial charge in [-0.15, -0.1) is 10.2 Å². The number of nitrogens with one attached hydrogen (secondary N) is 1. The van der Waals surface area contributed by atoms with E-state index in [-0.39, 0.29) is 11.8 Å². The first-order chi connectivity index (χ1) is 8.79. The van der Waals surface area contributed by atoms with E-state index < -0.39 is 5.97 Å². The molecule has 0 bridgehead atoms. The third-order valence-electron chi connectivity index (χ3n) is 2.84. The van der Waals surface area contributed by atoms with Crippen molar-refractivity contribution in [3.8, 4) is 0 Å². The summed E-state index contributed by atoms with van der Waals surface area (Å²) in [4.78, 5) is 11.2. The molecule has 0 saturated carbocycles. The van der Waals surface area contributed by atoms with Crippen molar-refractivity contribution in [2.75, 3.05) is 25.6 Å². The molecule has 2 heterocycles. The van der Waals surface area contributed by atoms with Crippen molar-refractivity contribution in [1.29, 1.82) is 0 Å². The predicted molar refractivity (Wildman–Crippen MR) is 65.5 cm³/mol. The van der Waals surface area contributed by atoms with Crippen LogP contribution in [0.3, 0.4) is 0 Å². The van der Waals surface area contributed by atoms with Crippen LogP contribution in [0.4, 0.5) is 5.82 Å². The van der Waals surface area contributed by atoms with Gasteiger partial charge in [-0.1, -0.05) is 0 Å². The van der Waals surface area contributed by atoms with Crippen LogP contribution >= 0.6 is 0 Å². The predicted octanol–water partition coefficient (Wildman–Crippen LogP) is 1.24. The molecule has 1 aliphatic heterocycles. The number of hydrogen-bond acceptors (Lipinski definition) is 6. The van der Waals surface area contributed by atoms with Gasteiger partial charge in [0.2, 0.25) is 0 Å². The molecule has 1 aromatic heterocycles. The summed E-state index contributed by atoms with van der Waals surface area (Å²) in [5.74, 6) is 0.154. The molecule has 1 atom stereocenters. The summed E-state index contributed by atoms with van der Waals surface area (Å²) in [6, 6.07) is 3.30. The maximum Gasteiger partial charge on any atom is 0.358 e. The molecule has 6 nitrogen and oxygen atoms in total. The molecular weight excluding hydrogens is 234 g/mol. The lowest BCUT2D eigenvalue weighted by atomic mass is 10.1. The van der Waals surface area contributed by atoms with Crippen LogP contribution < -0.4 is 5.32 Å². The third-order valence-corrected chi connectivity index (χ3v) is 2.84. The van der Waals surface area contributed by atoms with Crippen LogP contribution in [0.5, 0.6) is 0 Å². The molecule has 1 unspecified atom stereocenters. The number of aromatic nitrogens is 2. The van der Waals surface area contributed by atoms with Crippen LogP contribution in [0, 0.1) is 0 Å². The minimum atomic E-state index is -0.482. The zero-order valence-electron chi connectivity index (χ0n) is 10.4. The van der Waals surface area contributed by atoms with Gasteiger partial charge in [-0.2, -0.15) is 0 Å². The summed E-state index contributed by atoms with van der Waals surface area (Å²) < 4.78 is 10.1. The Morgan fingerprint density at radius 1 is 1.50 bits per heavy atom. The average Bonchev–Trinajstić information content (AvgIpc) is 2.46. The Labute approximate surface area is 106 Å². The largest absolute Gasteiger partial charge is 0.464 e. The second-order valence-electron chi connectivity index (χ2n) is 4.16. The Kier molecular flexibility index (Phi) is 4.46. The highest BCUT2D eigenvalue weighted by atomic mass is 16.5. The molecule has 1 N–H and O–H groups in total. The van der Waals surface area contributed by atoms with Crippen LogP contribution in [0.2, 0.25) is 0 Å². The van der Waals surface area contributed by atoms with E-state index in [0.29, 0.717) is 12.4 Å². The van der Waals surface area contributed by atoms with E-state index in [1.54, 1.807) is 12.1 Å². The number of esters is 1. The number of anilines is 1. The van der Waals surface area contributed by atoms with Gasteiger partial charge in [0.25, 0.3) is 0 Å². The zero-order chi connectivity index (χ0) is 12.8. The number of hydrogen-bond donors (Lipinski definition) is 1. The van der Waals surface area contributed by atoms with E-state index in [0.717, 1.165) is 19.4 Å². The van der Waals surface area contributed by atoms with Gasteiger partial charge >= 0.3 is 5.97 Å². The fraction of sp³-hybridized carbons (Fsp3) is 0.583. The number of carbonyl (C=O) groups is 1. The molecule has 1 fully saturated rings. The molecule has 98 valence electrons. The zero-order valence-corrected chi connectivity index (χ0v) is 10.4. The van der Waals surface area contributed by atoms with E-state index in [1.807, 2.05) is 0 Å². The lowest BCUT2D eigenvalue weighted by Gasteiger charge is -2.22. The number of rotatable bonds is 4. The number of carbonyl (C=O) groups excluding carboxylic acids is 1. The summed E-state index contributed by atoms with van der Waals surface area (Å²) in [5.41, 5.74) is 0.206. The van der Waals surface area contributed by atoms with E-state index in [4.69, 9.17) is 4.74 Å². The van der Waals surface area contributed by atoms with E-state index >= 15 is 0 Å². The van der Waals surface area contributed by atoms with Crippen molar-refractivity contribution in [2.24, 2.45) is 0 Å². The normalized spacial score (nSPS) is 19.3. The van der Waals surface area contributed by atoms with Crippen LogP contribution in [-0.4, -0.2) is 42.5 Å². The molecule has 2 rings (SSSR count). The maximum absolute atomic E-state index is 11.2. The molecule has 18 heavy (non-hydrogen) atoms. The Bertz CT molecular complexity index is 388. The lowest BCUT2D eigenvalue weighted by molar-refractivity contribution is 0.0247. The molecule has 1 aromatic rings. The number of nitrogens with zero attached hydrogens (tertiary/aromatic N) is 2. The van der Waals surface area contributed by atoms with Gasteiger partial charge in [0.1, 0.15) is 5.82 Å². The molecule has 6 heteroatoms. The molecule has 0 aliphatic carbocycles. The van der Waals surface area contributed by atoms with Gasteiger partial charge in [-0.3, -0.25) is 0 Å². The number of methoxy groups -OCH3 is 1. The van der Waals surface area contributed by atoms with E-state index in [2.05, 4.69) is 20.3 Å². The topological polar surface area (TPSA) is 73.3 Å². The first kappa shape index (κ1) is 12.8. The number of ether oxygens (including phenoxy) is 2. The first-order valence-electron chi connectivity index (χ1n) is 6.07. The Morgan fingerprint density at radius 2 is 2.39 bits per heavy atom. The Morgan fingerprint density at radius 3 is 3.00 bits per heavy atom. The van der Waals surface area contributed by atoms with Crippen molar-refractivity contribution in [3.63, 3.8) is 0 Å². The SMILES string of the molecule is COC(=O)c1ccc(NCC2CCCCO2)nn1. The molecule has 0 spiro atoms. The van der Waals surface area contributed by atoms with Gasteiger partial charge in [-0.05, 0) is 31.4 Å². The first-order valence-corrected chi connectivity index (χ1v) is 6.07. The summed E-state index contributed by atoms with van der Waals surface area (Å²) in [6.45, 7) is 1.55. The van der Waals surface area contributed by atoms with Crippen LogP contribution in [0.15, 0.2) is 12.1 Å². The second-order valence-corrected chi connectivity index (χ2v) is 4.16. The molecule has 1 aliphatic rings. The van der Waals surface area contributed by atoms with Gasteiger partial charge in [0.05, 0.1) is 13.2 Å². The molecular formula is C12H17N3O3. The van der Waals surface area contributed by atoms with Gasteiger partial charge in [0.15, 0.2) is 5.69 Å². The summed E-state index contributed by atoms with van der Waals surface area (Å²) in [7, 11) is 1.32. The second kappa shape index (κ2) is 6.30. The highest BCUT2D eigenvalue weighted by molar-refractivity contribution is 5.86. The van der Waals surface area contributed by atoms with E-state index in [1.165, 1.54) is 13.5 Å². The summed E-state index contributed by atoms with van der Waals surface area (Å²) in [5, 5.41) is 10.8. The van der Waals surface area contributed by atoms with Crippen LogP contribution in [0.1, 0.15) is 29.8 Å². The Balaban J connectivity index is 1.84. The van der Waals surface area contributed by atoms with Crippen molar-refractivity contribution < 1.29 is 14.3 Å². The molecule has 1 saturated heterocycles. The van der Waals surface area contributed by atoms with Crippen molar-refractivity contribution in [2.45, 2.75) is 25.4 Å². The quantitative estimate of drug-likeness (QED) is 0.812. The van der Waals surface area contributed by atoms with Crippen molar-refractivity contribution in [1.82, 2.24) is 10.2 Å². The summed E-state index contributed by atoms with van der Waals surface area (Å²) in [6.07, 6.45) is 3.66. The van der Waals surface area contributed by atoms with Gasteiger partial charge in [0, 0.05) is 13.2 Å². The highest BCUT2D eigenvalue weighted by Crippen LogP contribution is 2.13. The Hall–Kier alpha value is -1.69. The average molecular weight is 251 g/mol. The van der Waals surface area contributed by atoms with Crippen molar-refractivity contribution in [3.05, 3.63) is 17.8 Å². The van der Waals surface area contributed by atoms with Gasteiger partial charge in [-0.25, -0.2) is 4.79 Å². The monoisotopic (exact) mass is 251 g/mol. The van der Waals surface area contributed by atoms with Crippen molar-refractivity contribution >= 4 is 11.8 Å². The minimum absolute atomic E-state index is 0.206. The fourth-order valence-corrected chi connectivity index (χ4v) is 1.83. The summed E-state index contributed by atoms with van der Waals surface area (Å²) >= 11 is 0. The molecule has 0 radical (unpaired) electrons. The smallest absolute Gasteiger partial charge is 0.358 e.